The molecule has 38 heavy (non-hydrogen) atoms. The number of rotatable bonds is 10. The molecule has 0 saturated heterocycles. The van der Waals surface area contributed by atoms with E-state index < -0.39 is 18.5 Å². The summed E-state index contributed by atoms with van der Waals surface area (Å²) >= 11 is 0. The van der Waals surface area contributed by atoms with Crippen molar-refractivity contribution in [1.82, 2.24) is 10.4 Å². The largest absolute Gasteiger partial charge is 0.493 e. The summed E-state index contributed by atoms with van der Waals surface area (Å²) < 4.78 is 21.6. The van der Waals surface area contributed by atoms with E-state index in [-0.39, 0.29) is 0 Å². The van der Waals surface area contributed by atoms with Gasteiger partial charge in [0, 0.05) is 16.5 Å². The van der Waals surface area contributed by atoms with Gasteiger partial charge in [0.2, 0.25) is 5.75 Å². The van der Waals surface area contributed by atoms with E-state index in [4.69, 9.17) is 29.0 Å². The molecule has 0 bridgehead atoms. The lowest BCUT2D eigenvalue weighted by molar-refractivity contribution is -0.139. The van der Waals surface area contributed by atoms with Gasteiger partial charge in [0.05, 0.1) is 44.3 Å². The maximum absolute atomic E-state index is 13.2. The number of carboxylic acids is 1. The van der Waals surface area contributed by atoms with Gasteiger partial charge in [-0.05, 0) is 36.4 Å². The predicted molar refractivity (Wildman–Crippen MR) is 141 cm³/mol. The Bertz CT molecular complexity index is 1490. The normalized spacial score (nSPS) is 10.8. The highest BCUT2D eigenvalue weighted by Crippen LogP contribution is 2.41. The number of aromatic nitrogens is 1. The van der Waals surface area contributed by atoms with Gasteiger partial charge in [0.25, 0.3) is 5.91 Å². The van der Waals surface area contributed by atoms with Crippen molar-refractivity contribution >= 4 is 29.0 Å². The van der Waals surface area contributed by atoms with Crippen molar-refractivity contribution in [2.75, 3.05) is 27.9 Å². The average molecular weight is 516 g/mol. The summed E-state index contributed by atoms with van der Waals surface area (Å²) in [5.74, 6) is 0.119. The Morgan fingerprint density at radius 1 is 0.921 bits per heavy atom. The molecule has 10 heteroatoms. The van der Waals surface area contributed by atoms with Crippen LogP contribution in [0.15, 0.2) is 71.8 Å². The molecule has 3 aromatic carbocycles. The van der Waals surface area contributed by atoms with Crippen LogP contribution in [-0.2, 0) is 4.79 Å². The number of benzene rings is 3. The van der Waals surface area contributed by atoms with Crippen LogP contribution in [0, 0.1) is 0 Å². The van der Waals surface area contributed by atoms with Crippen LogP contribution in [0.5, 0.6) is 23.0 Å². The first-order valence-electron chi connectivity index (χ1n) is 11.4. The topological polar surface area (TPSA) is 129 Å². The van der Waals surface area contributed by atoms with Crippen molar-refractivity contribution in [3.63, 3.8) is 0 Å². The van der Waals surface area contributed by atoms with Crippen LogP contribution in [0.3, 0.4) is 0 Å². The molecule has 0 spiro atoms. The van der Waals surface area contributed by atoms with E-state index in [1.165, 1.54) is 27.5 Å². The van der Waals surface area contributed by atoms with Crippen LogP contribution in [0.4, 0.5) is 0 Å². The van der Waals surface area contributed by atoms with Crippen LogP contribution in [-0.4, -0.2) is 56.1 Å². The molecule has 0 aliphatic heterocycles. The zero-order valence-electron chi connectivity index (χ0n) is 20.9. The number of carbonyl (C=O) groups excluding carboxylic acids is 1. The van der Waals surface area contributed by atoms with E-state index in [0.717, 1.165) is 0 Å². The van der Waals surface area contributed by atoms with Crippen molar-refractivity contribution in [3.05, 3.63) is 77.9 Å². The molecule has 0 saturated carbocycles. The first-order chi connectivity index (χ1) is 18.4. The fraction of sp³-hybridized carbons (Fsp3) is 0.143. The van der Waals surface area contributed by atoms with Crippen LogP contribution >= 0.6 is 0 Å². The molecule has 2 N–H and O–H groups in total. The van der Waals surface area contributed by atoms with Gasteiger partial charge < -0.3 is 24.1 Å². The lowest BCUT2D eigenvalue weighted by Gasteiger charge is -2.15. The van der Waals surface area contributed by atoms with Gasteiger partial charge in [-0.15, -0.1) is 0 Å². The number of fused-ring (bicyclic) bond motifs is 1. The number of methoxy groups -OCH3 is 3. The lowest BCUT2D eigenvalue weighted by atomic mass is 10.0. The molecular weight excluding hydrogens is 490 g/mol. The molecule has 4 rings (SSSR count). The van der Waals surface area contributed by atoms with Gasteiger partial charge in [-0.2, -0.15) is 5.10 Å². The van der Waals surface area contributed by atoms with Crippen LogP contribution < -0.4 is 24.4 Å². The summed E-state index contributed by atoms with van der Waals surface area (Å²) in [7, 11) is 4.57. The van der Waals surface area contributed by atoms with Crippen LogP contribution in [0.1, 0.15) is 15.9 Å². The Morgan fingerprint density at radius 2 is 1.61 bits per heavy atom. The third-order valence-corrected chi connectivity index (χ3v) is 5.56. The van der Waals surface area contributed by atoms with Gasteiger partial charge in [0.15, 0.2) is 18.1 Å². The average Bonchev–Trinajstić information content (AvgIpc) is 2.94. The van der Waals surface area contributed by atoms with Crippen molar-refractivity contribution in [3.8, 4) is 34.3 Å². The molecular formula is C28H25N3O7. The van der Waals surface area contributed by atoms with E-state index in [0.29, 0.717) is 56.3 Å². The Hall–Kier alpha value is -5.12. The van der Waals surface area contributed by atoms with E-state index in [1.807, 2.05) is 18.2 Å². The Morgan fingerprint density at radius 3 is 2.29 bits per heavy atom. The van der Waals surface area contributed by atoms with Gasteiger partial charge in [-0.1, -0.05) is 30.3 Å². The van der Waals surface area contributed by atoms with Gasteiger partial charge >= 0.3 is 5.97 Å². The molecule has 0 atom stereocenters. The first-order valence-corrected chi connectivity index (χ1v) is 11.4. The molecule has 194 valence electrons. The Labute approximate surface area is 218 Å². The quantitative estimate of drug-likeness (QED) is 0.238. The fourth-order valence-corrected chi connectivity index (χ4v) is 3.82. The summed E-state index contributed by atoms with van der Waals surface area (Å²) in [4.78, 5) is 28.8. The summed E-state index contributed by atoms with van der Waals surface area (Å²) in [6, 6.07) is 19.2. The smallest absolute Gasteiger partial charge is 0.341 e. The molecule has 1 aromatic heterocycles. The SMILES string of the molecule is COc1cc(-c2cc(C(=O)NN=Cc3ccccc3OCC(=O)O)c3ccccc3n2)cc(OC)c1OC. The number of nitrogens with zero attached hydrogens (tertiary/aromatic N) is 2. The Kier molecular flexibility index (Phi) is 8.02. The summed E-state index contributed by atoms with van der Waals surface area (Å²) in [5, 5.41) is 13.6. The number of hydrogen-bond acceptors (Lipinski definition) is 8. The second-order valence-electron chi connectivity index (χ2n) is 7.91. The number of amides is 1. The van der Waals surface area contributed by atoms with Crippen molar-refractivity contribution in [2.45, 2.75) is 0 Å². The molecule has 1 amide bonds. The number of aliphatic carboxylic acids is 1. The zero-order valence-corrected chi connectivity index (χ0v) is 20.9. The van der Waals surface area contributed by atoms with Crippen LogP contribution in [0.25, 0.3) is 22.2 Å². The highest BCUT2D eigenvalue weighted by atomic mass is 16.5. The molecule has 4 aromatic rings. The van der Waals surface area contributed by atoms with Gasteiger partial charge in [-0.25, -0.2) is 15.2 Å². The number of nitrogens with one attached hydrogen (secondary N) is 1. The number of ether oxygens (including phenoxy) is 4. The number of hydrazone groups is 1. The fourth-order valence-electron chi connectivity index (χ4n) is 3.82. The van der Waals surface area contributed by atoms with E-state index >= 15 is 0 Å². The minimum Gasteiger partial charge on any atom is -0.493 e. The molecule has 10 nitrogen and oxygen atoms in total. The van der Waals surface area contributed by atoms with E-state index in [9.17, 15) is 9.59 Å². The molecule has 0 aliphatic rings. The second-order valence-corrected chi connectivity index (χ2v) is 7.91. The standard InChI is InChI=1S/C28H25N3O7/c1-35-24-12-18(13-25(36-2)27(24)37-3)22-14-20(19-9-5-6-10-21(19)30-22)28(34)31-29-15-17-8-4-7-11-23(17)38-16-26(32)33/h4-15H,16H2,1-3H3,(H,31,34)(H,32,33). The second kappa shape index (κ2) is 11.7. The molecule has 0 aliphatic carbocycles. The molecule has 0 unspecified atom stereocenters. The summed E-state index contributed by atoms with van der Waals surface area (Å²) in [5.41, 5.74) is 5.18. The minimum absolute atomic E-state index is 0.326. The highest BCUT2D eigenvalue weighted by molar-refractivity contribution is 6.07. The Balaban J connectivity index is 1.68. The van der Waals surface area contributed by atoms with E-state index in [1.54, 1.807) is 48.5 Å². The number of carbonyl (C=O) groups is 2. The number of para-hydroxylation sites is 2. The number of pyridine rings is 1. The molecule has 1 heterocycles. The molecule has 0 fully saturated rings. The third-order valence-electron chi connectivity index (χ3n) is 5.56. The van der Waals surface area contributed by atoms with Crippen molar-refractivity contribution < 1.29 is 33.6 Å². The first kappa shape index (κ1) is 26.0. The maximum Gasteiger partial charge on any atom is 0.341 e. The maximum atomic E-state index is 13.2. The third kappa shape index (κ3) is 5.65. The van der Waals surface area contributed by atoms with E-state index in [2.05, 4.69) is 10.5 Å². The van der Waals surface area contributed by atoms with Crippen molar-refractivity contribution in [1.29, 1.82) is 0 Å². The number of hydrogen-bond donors (Lipinski definition) is 2. The van der Waals surface area contributed by atoms with Gasteiger partial charge in [-0.3, -0.25) is 4.79 Å². The monoisotopic (exact) mass is 515 g/mol. The summed E-state index contributed by atoms with van der Waals surface area (Å²) in [6.07, 6.45) is 1.39. The van der Waals surface area contributed by atoms with Crippen LogP contribution in [0.2, 0.25) is 0 Å². The predicted octanol–water partition coefficient (Wildman–Crippen LogP) is 4.15. The molecule has 0 radical (unpaired) electrons. The number of carboxylic acid groups (broad SMARTS) is 1. The summed E-state index contributed by atoms with van der Waals surface area (Å²) in [6.45, 7) is -0.496. The highest BCUT2D eigenvalue weighted by Gasteiger charge is 2.18. The zero-order chi connectivity index (χ0) is 27.1. The minimum atomic E-state index is -1.10. The van der Waals surface area contributed by atoms with Crippen molar-refractivity contribution in [2.24, 2.45) is 5.10 Å². The van der Waals surface area contributed by atoms with Gasteiger partial charge in [0.1, 0.15) is 5.75 Å². The lowest BCUT2D eigenvalue weighted by Crippen LogP contribution is -2.18.